The Kier molecular flexibility index (Phi) is 3.50. The number of ether oxygens (including phenoxy) is 1. The van der Waals surface area contributed by atoms with Gasteiger partial charge in [-0.15, -0.1) is 0 Å². The summed E-state index contributed by atoms with van der Waals surface area (Å²) >= 11 is 5.32. The molecule has 1 saturated heterocycles. The lowest BCUT2D eigenvalue weighted by molar-refractivity contribution is -0.0105. The molecule has 1 aromatic rings. The van der Waals surface area contributed by atoms with E-state index in [0.29, 0.717) is 0 Å². The van der Waals surface area contributed by atoms with E-state index in [-0.39, 0.29) is 11.6 Å². The van der Waals surface area contributed by atoms with Crippen molar-refractivity contribution in [2.45, 2.75) is 31.4 Å². The first-order valence-corrected chi connectivity index (χ1v) is 6.94. The Morgan fingerprint density at radius 2 is 2.40 bits per heavy atom. The van der Waals surface area contributed by atoms with Gasteiger partial charge in [-0.1, -0.05) is 0 Å². The average Bonchev–Trinajstić information content (AvgIpc) is 2.79. The van der Waals surface area contributed by atoms with E-state index in [4.69, 9.17) is 4.74 Å². The van der Waals surface area contributed by atoms with E-state index in [1.54, 1.807) is 11.3 Å². The second-order valence-electron chi connectivity index (χ2n) is 4.16. The quantitative estimate of drug-likeness (QED) is 0.922. The van der Waals surface area contributed by atoms with Gasteiger partial charge in [0, 0.05) is 16.5 Å². The smallest absolute Gasteiger partial charge is 0.0849 e. The maximum Gasteiger partial charge on any atom is 0.0849 e. The van der Waals surface area contributed by atoms with Gasteiger partial charge in [-0.2, -0.15) is 11.3 Å². The number of hydrogen-bond acceptors (Lipinski definition) is 3. The molecule has 1 N–H and O–H groups in total. The molecule has 1 aliphatic rings. The van der Waals surface area contributed by atoms with Crippen molar-refractivity contribution < 1.29 is 4.74 Å². The molecule has 84 valence electrons. The molecular weight excluding hydrogens is 274 g/mol. The third-order valence-corrected chi connectivity index (χ3v) is 4.85. The van der Waals surface area contributed by atoms with Crippen LogP contribution in [0.4, 0.5) is 0 Å². The number of halogens is 1. The van der Waals surface area contributed by atoms with Crippen molar-refractivity contribution in [1.29, 1.82) is 0 Å². The first kappa shape index (κ1) is 11.6. The van der Waals surface area contributed by atoms with E-state index in [1.807, 2.05) is 7.05 Å². The van der Waals surface area contributed by atoms with Crippen LogP contribution in [-0.2, 0) is 4.74 Å². The van der Waals surface area contributed by atoms with Gasteiger partial charge < -0.3 is 10.1 Å². The SMILES string of the molecule is CNC(c1cscc1Br)C1(C)CCCO1. The second kappa shape index (κ2) is 4.53. The monoisotopic (exact) mass is 289 g/mol. The van der Waals surface area contributed by atoms with Crippen LogP contribution in [0.2, 0.25) is 0 Å². The molecule has 2 unspecified atom stereocenters. The maximum atomic E-state index is 5.89. The van der Waals surface area contributed by atoms with Crippen LogP contribution in [0.1, 0.15) is 31.4 Å². The standard InChI is InChI=1S/C11H16BrNOS/c1-11(4-3-5-14-11)10(13-2)8-6-15-7-9(8)12/h6-7,10,13H,3-5H2,1-2H3. The maximum absolute atomic E-state index is 5.89. The van der Waals surface area contributed by atoms with Gasteiger partial charge in [0.2, 0.25) is 0 Å². The van der Waals surface area contributed by atoms with Gasteiger partial charge in [0.25, 0.3) is 0 Å². The highest BCUT2D eigenvalue weighted by Crippen LogP contribution is 2.40. The van der Waals surface area contributed by atoms with Crippen molar-refractivity contribution in [3.63, 3.8) is 0 Å². The van der Waals surface area contributed by atoms with E-state index in [1.165, 1.54) is 10.0 Å². The number of thiophene rings is 1. The predicted molar refractivity (Wildman–Crippen MR) is 67.4 cm³/mol. The summed E-state index contributed by atoms with van der Waals surface area (Å²) in [5, 5.41) is 7.70. The van der Waals surface area contributed by atoms with Crippen LogP contribution < -0.4 is 5.32 Å². The lowest BCUT2D eigenvalue weighted by atomic mass is 9.89. The summed E-state index contributed by atoms with van der Waals surface area (Å²) < 4.78 is 7.08. The van der Waals surface area contributed by atoms with E-state index in [2.05, 4.69) is 38.9 Å². The van der Waals surface area contributed by atoms with Gasteiger partial charge in [-0.25, -0.2) is 0 Å². The number of likely N-dealkylation sites (N-methyl/N-ethyl adjacent to an activating group) is 1. The molecule has 4 heteroatoms. The Hall–Kier alpha value is 0.1000. The number of nitrogens with one attached hydrogen (secondary N) is 1. The molecule has 1 aromatic heterocycles. The number of rotatable bonds is 3. The van der Waals surface area contributed by atoms with Crippen LogP contribution in [0.25, 0.3) is 0 Å². The van der Waals surface area contributed by atoms with E-state index < -0.39 is 0 Å². The fourth-order valence-corrected chi connectivity index (χ4v) is 3.87. The van der Waals surface area contributed by atoms with E-state index in [9.17, 15) is 0 Å². The fourth-order valence-electron chi connectivity index (χ4n) is 2.32. The predicted octanol–water partition coefficient (Wildman–Crippen LogP) is 3.34. The largest absolute Gasteiger partial charge is 0.373 e. The van der Waals surface area contributed by atoms with Gasteiger partial charge in [0.05, 0.1) is 11.6 Å². The summed E-state index contributed by atoms with van der Waals surface area (Å²) in [7, 11) is 2.00. The Bertz CT molecular complexity index is 333. The van der Waals surface area contributed by atoms with Crippen LogP contribution in [0.5, 0.6) is 0 Å². The second-order valence-corrected chi connectivity index (χ2v) is 5.76. The van der Waals surface area contributed by atoms with Crippen LogP contribution in [0, 0.1) is 0 Å². The molecule has 2 atom stereocenters. The molecule has 0 aromatic carbocycles. The average molecular weight is 290 g/mol. The van der Waals surface area contributed by atoms with Gasteiger partial charge in [-0.05, 0) is 53.7 Å². The number of hydrogen-bond donors (Lipinski definition) is 1. The topological polar surface area (TPSA) is 21.3 Å². The van der Waals surface area contributed by atoms with Crippen LogP contribution >= 0.6 is 27.3 Å². The van der Waals surface area contributed by atoms with Crippen LogP contribution in [0.3, 0.4) is 0 Å². The molecule has 0 aliphatic carbocycles. The van der Waals surface area contributed by atoms with Crippen molar-refractivity contribution in [1.82, 2.24) is 5.32 Å². The van der Waals surface area contributed by atoms with Gasteiger partial charge in [0.15, 0.2) is 0 Å². The van der Waals surface area contributed by atoms with Crippen LogP contribution in [0.15, 0.2) is 15.2 Å². The molecule has 0 spiro atoms. The summed E-state index contributed by atoms with van der Waals surface area (Å²) in [6.07, 6.45) is 2.29. The minimum Gasteiger partial charge on any atom is -0.373 e. The van der Waals surface area contributed by atoms with Gasteiger partial charge in [-0.3, -0.25) is 0 Å². The lowest BCUT2D eigenvalue weighted by Crippen LogP contribution is -2.39. The Balaban J connectivity index is 2.27. The molecule has 2 nitrogen and oxygen atoms in total. The van der Waals surface area contributed by atoms with Crippen molar-refractivity contribution in [3.05, 3.63) is 20.8 Å². The Labute approximate surface area is 103 Å². The minimum absolute atomic E-state index is 0.0572. The highest BCUT2D eigenvalue weighted by molar-refractivity contribution is 9.10. The molecule has 1 fully saturated rings. The first-order chi connectivity index (χ1) is 7.17. The van der Waals surface area contributed by atoms with Crippen molar-refractivity contribution >= 4 is 27.3 Å². The van der Waals surface area contributed by atoms with Crippen molar-refractivity contribution in [3.8, 4) is 0 Å². The normalized spacial score (nSPS) is 28.2. The zero-order chi connectivity index (χ0) is 10.9. The van der Waals surface area contributed by atoms with Gasteiger partial charge >= 0.3 is 0 Å². The third kappa shape index (κ3) is 2.13. The highest BCUT2D eigenvalue weighted by Gasteiger charge is 2.39. The molecule has 0 amide bonds. The summed E-state index contributed by atoms with van der Waals surface area (Å²) in [6, 6.07) is 0.278. The zero-order valence-electron chi connectivity index (χ0n) is 9.05. The summed E-state index contributed by atoms with van der Waals surface area (Å²) in [5.74, 6) is 0. The van der Waals surface area contributed by atoms with E-state index in [0.717, 1.165) is 19.4 Å². The fraction of sp³-hybridized carbons (Fsp3) is 0.636. The summed E-state index contributed by atoms with van der Waals surface area (Å²) in [5.41, 5.74) is 1.25. The zero-order valence-corrected chi connectivity index (χ0v) is 11.5. The molecule has 1 aliphatic heterocycles. The Morgan fingerprint density at radius 3 is 2.87 bits per heavy atom. The minimum atomic E-state index is -0.0572. The molecule has 0 radical (unpaired) electrons. The molecule has 2 heterocycles. The van der Waals surface area contributed by atoms with Crippen LogP contribution in [-0.4, -0.2) is 19.3 Å². The molecule has 0 bridgehead atoms. The van der Waals surface area contributed by atoms with Gasteiger partial charge in [0.1, 0.15) is 0 Å². The molecule has 2 rings (SSSR count). The lowest BCUT2D eigenvalue weighted by Gasteiger charge is -2.33. The third-order valence-electron chi connectivity index (χ3n) is 3.10. The summed E-state index contributed by atoms with van der Waals surface area (Å²) in [4.78, 5) is 0. The molecule has 15 heavy (non-hydrogen) atoms. The van der Waals surface area contributed by atoms with Crippen molar-refractivity contribution in [2.75, 3.05) is 13.7 Å². The molecule has 0 saturated carbocycles. The highest BCUT2D eigenvalue weighted by atomic mass is 79.9. The first-order valence-electron chi connectivity index (χ1n) is 5.20. The Morgan fingerprint density at radius 1 is 1.60 bits per heavy atom. The molecular formula is C11H16BrNOS. The van der Waals surface area contributed by atoms with E-state index >= 15 is 0 Å². The summed E-state index contributed by atoms with van der Waals surface area (Å²) in [6.45, 7) is 3.09. The van der Waals surface area contributed by atoms with Crippen molar-refractivity contribution in [2.24, 2.45) is 0 Å².